The van der Waals surface area contributed by atoms with Gasteiger partial charge in [0.15, 0.2) is 0 Å². The van der Waals surface area contributed by atoms with Crippen molar-refractivity contribution in [2.24, 2.45) is 0 Å². The second-order valence-electron chi connectivity index (χ2n) is 3.23. The van der Waals surface area contributed by atoms with Gasteiger partial charge in [0.2, 0.25) is 0 Å². The summed E-state index contributed by atoms with van der Waals surface area (Å²) < 4.78 is 0.605. The second kappa shape index (κ2) is 4.77. The molecule has 0 radical (unpaired) electrons. The third-order valence-corrected chi connectivity index (χ3v) is 2.73. The highest BCUT2D eigenvalue weighted by Crippen LogP contribution is 2.29. The van der Waals surface area contributed by atoms with Crippen LogP contribution >= 0.6 is 15.9 Å². The molecule has 0 heterocycles. The molecule has 1 unspecified atom stereocenters. The van der Waals surface area contributed by atoms with Crippen molar-refractivity contribution in [3.05, 3.63) is 27.7 Å². The number of benzene rings is 1. The minimum absolute atomic E-state index is 0.197. The minimum atomic E-state index is -0.545. The zero-order valence-corrected chi connectivity index (χ0v) is 9.80. The molecule has 3 nitrogen and oxygen atoms in total. The molecule has 0 aliphatic carbocycles. The van der Waals surface area contributed by atoms with Crippen molar-refractivity contribution < 1.29 is 10.2 Å². The van der Waals surface area contributed by atoms with Gasteiger partial charge in [-0.25, -0.2) is 0 Å². The maximum absolute atomic E-state index is 9.75. The summed E-state index contributed by atoms with van der Waals surface area (Å²) in [6, 6.07) is 3.38. The molecule has 0 spiro atoms. The van der Waals surface area contributed by atoms with Gasteiger partial charge in [-0.3, -0.25) is 0 Å². The van der Waals surface area contributed by atoms with Gasteiger partial charge >= 0.3 is 0 Å². The Balaban J connectivity index is 3.02. The highest BCUT2D eigenvalue weighted by molar-refractivity contribution is 9.10. The third kappa shape index (κ3) is 2.47. The molecule has 0 saturated carbocycles. The van der Waals surface area contributed by atoms with E-state index in [-0.39, 0.29) is 5.75 Å². The van der Waals surface area contributed by atoms with Crippen LogP contribution in [0.5, 0.6) is 5.75 Å². The highest BCUT2D eigenvalue weighted by atomic mass is 79.9. The summed E-state index contributed by atoms with van der Waals surface area (Å²) in [5.41, 5.74) is 1.71. The monoisotopic (exact) mass is 259 g/mol. The van der Waals surface area contributed by atoms with Gasteiger partial charge in [-0.1, -0.05) is 0 Å². The topological polar surface area (TPSA) is 52.5 Å². The lowest BCUT2D eigenvalue weighted by Gasteiger charge is -2.14. The Kier molecular flexibility index (Phi) is 3.92. The van der Waals surface area contributed by atoms with E-state index in [1.54, 1.807) is 19.2 Å². The first kappa shape index (κ1) is 11.5. The van der Waals surface area contributed by atoms with E-state index in [1.165, 1.54) is 0 Å². The largest absolute Gasteiger partial charge is 0.507 e. The van der Waals surface area contributed by atoms with Crippen LogP contribution in [0.1, 0.15) is 17.2 Å². The van der Waals surface area contributed by atoms with Crippen LogP contribution < -0.4 is 5.32 Å². The van der Waals surface area contributed by atoms with Gasteiger partial charge in [0.05, 0.1) is 10.6 Å². The van der Waals surface area contributed by atoms with E-state index >= 15 is 0 Å². The summed E-state index contributed by atoms with van der Waals surface area (Å²) in [6.07, 6.45) is -0.545. The number of phenolic OH excluding ortho intramolecular Hbond substituents is 1. The fourth-order valence-electron chi connectivity index (χ4n) is 1.34. The number of nitrogens with one attached hydrogen (secondary N) is 1. The summed E-state index contributed by atoms with van der Waals surface area (Å²) in [6.45, 7) is 2.36. The van der Waals surface area contributed by atoms with Crippen LogP contribution in [0.3, 0.4) is 0 Å². The maximum atomic E-state index is 9.75. The first-order valence-corrected chi connectivity index (χ1v) is 5.17. The van der Waals surface area contributed by atoms with E-state index in [1.807, 2.05) is 6.92 Å². The van der Waals surface area contributed by atoms with Crippen molar-refractivity contribution in [1.82, 2.24) is 5.32 Å². The second-order valence-corrected chi connectivity index (χ2v) is 4.09. The van der Waals surface area contributed by atoms with Crippen LogP contribution in [0.25, 0.3) is 0 Å². The number of aryl methyl sites for hydroxylation is 1. The average Bonchev–Trinajstić information content (AvgIpc) is 2.11. The lowest BCUT2D eigenvalue weighted by atomic mass is 10.0. The number of hydrogen-bond acceptors (Lipinski definition) is 3. The number of phenols is 1. The van der Waals surface area contributed by atoms with Crippen LogP contribution in [0.2, 0.25) is 0 Å². The van der Waals surface area contributed by atoms with Gasteiger partial charge in [0, 0.05) is 6.54 Å². The maximum Gasteiger partial charge on any atom is 0.130 e. The number of aliphatic hydroxyl groups excluding tert-OH is 1. The molecule has 1 atom stereocenters. The lowest BCUT2D eigenvalue weighted by molar-refractivity contribution is 0.177. The number of rotatable bonds is 3. The number of aromatic hydroxyl groups is 1. The molecule has 0 fully saturated rings. The molecule has 0 amide bonds. The summed E-state index contributed by atoms with van der Waals surface area (Å²) in [5, 5.41) is 22.0. The van der Waals surface area contributed by atoms with Crippen LogP contribution in [-0.4, -0.2) is 23.8 Å². The van der Waals surface area contributed by atoms with Crippen molar-refractivity contribution in [2.75, 3.05) is 13.6 Å². The molecule has 0 saturated heterocycles. The fourth-order valence-corrected chi connectivity index (χ4v) is 1.71. The molecule has 1 rings (SSSR count). The van der Waals surface area contributed by atoms with E-state index in [0.29, 0.717) is 11.0 Å². The van der Waals surface area contributed by atoms with Crippen molar-refractivity contribution >= 4 is 15.9 Å². The molecule has 0 aliphatic heterocycles. The number of hydrogen-bond donors (Lipinski definition) is 3. The van der Waals surface area contributed by atoms with Crippen molar-refractivity contribution in [2.45, 2.75) is 13.0 Å². The minimum Gasteiger partial charge on any atom is -0.507 e. The lowest BCUT2D eigenvalue weighted by Crippen LogP contribution is -2.17. The first-order chi connectivity index (χ1) is 6.56. The number of likely N-dealkylation sites (N-methyl/N-ethyl adjacent to an activating group) is 1. The summed E-state index contributed by atoms with van der Waals surface area (Å²) >= 11 is 3.22. The first-order valence-electron chi connectivity index (χ1n) is 4.38. The molecular weight excluding hydrogens is 246 g/mol. The Morgan fingerprint density at radius 2 is 2.14 bits per heavy atom. The summed E-state index contributed by atoms with van der Waals surface area (Å²) in [4.78, 5) is 0. The zero-order valence-electron chi connectivity index (χ0n) is 8.21. The van der Waals surface area contributed by atoms with Gasteiger partial charge in [-0.15, -0.1) is 0 Å². The van der Waals surface area contributed by atoms with Crippen LogP contribution in [0.15, 0.2) is 16.6 Å². The third-order valence-electron chi connectivity index (χ3n) is 2.09. The van der Waals surface area contributed by atoms with Gasteiger partial charge < -0.3 is 15.5 Å². The van der Waals surface area contributed by atoms with Gasteiger partial charge in [-0.2, -0.15) is 0 Å². The van der Waals surface area contributed by atoms with E-state index in [4.69, 9.17) is 0 Å². The molecule has 0 aromatic heterocycles. The molecule has 14 heavy (non-hydrogen) atoms. The van der Waals surface area contributed by atoms with Crippen molar-refractivity contribution in [3.8, 4) is 5.75 Å². The van der Waals surface area contributed by atoms with Crippen molar-refractivity contribution in [3.63, 3.8) is 0 Å². The van der Waals surface area contributed by atoms with Crippen molar-refractivity contribution in [1.29, 1.82) is 0 Å². The standard InChI is InChI=1S/C10H14BrNO2/c1-6-3-9(13)8(11)4-7(6)10(14)5-12-2/h3-4,10,12-14H,5H2,1-2H3. The van der Waals surface area contributed by atoms with E-state index in [0.717, 1.165) is 11.1 Å². The zero-order chi connectivity index (χ0) is 10.7. The Hall–Kier alpha value is -0.580. The fraction of sp³-hybridized carbons (Fsp3) is 0.400. The summed E-state index contributed by atoms with van der Waals surface area (Å²) in [5.74, 6) is 0.197. The van der Waals surface area contributed by atoms with E-state index in [9.17, 15) is 10.2 Å². The smallest absolute Gasteiger partial charge is 0.130 e. The molecule has 0 aliphatic rings. The number of halogens is 1. The Morgan fingerprint density at radius 1 is 1.50 bits per heavy atom. The number of aliphatic hydroxyl groups is 1. The Bertz CT molecular complexity index is 328. The average molecular weight is 260 g/mol. The highest BCUT2D eigenvalue weighted by Gasteiger charge is 2.11. The van der Waals surface area contributed by atoms with Gasteiger partial charge in [-0.05, 0) is 53.2 Å². The predicted octanol–water partition coefficient (Wildman–Crippen LogP) is 1.72. The van der Waals surface area contributed by atoms with Crippen LogP contribution in [0, 0.1) is 6.92 Å². The Morgan fingerprint density at radius 3 is 2.71 bits per heavy atom. The predicted molar refractivity (Wildman–Crippen MR) is 59.4 cm³/mol. The molecule has 3 N–H and O–H groups in total. The van der Waals surface area contributed by atoms with E-state index in [2.05, 4.69) is 21.2 Å². The SMILES string of the molecule is CNCC(O)c1cc(Br)c(O)cc1C. The van der Waals surface area contributed by atoms with Gasteiger partial charge in [0.1, 0.15) is 5.75 Å². The van der Waals surface area contributed by atoms with Crippen LogP contribution in [-0.2, 0) is 0 Å². The summed E-state index contributed by atoms with van der Waals surface area (Å²) in [7, 11) is 1.79. The molecule has 78 valence electrons. The molecule has 0 bridgehead atoms. The van der Waals surface area contributed by atoms with Crippen LogP contribution in [0.4, 0.5) is 0 Å². The molecule has 1 aromatic rings. The van der Waals surface area contributed by atoms with E-state index < -0.39 is 6.10 Å². The Labute approximate surface area is 91.9 Å². The molecule has 4 heteroatoms. The van der Waals surface area contributed by atoms with Gasteiger partial charge in [0.25, 0.3) is 0 Å². The molecular formula is C10H14BrNO2. The molecule has 1 aromatic carbocycles. The quantitative estimate of drug-likeness (QED) is 0.775. The normalized spacial score (nSPS) is 12.9.